The number of rotatable bonds is 9. The molecule has 0 aliphatic heterocycles. The van der Waals surface area contributed by atoms with Gasteiger partial charge in [0.05, 0.1) is 37.9 Å². The molecular formula is C22H24N4O5. The molecule has 0 aliphatic carbocycles. The van der Waals surface area contributed by atoms with Crippen molar-refractivity contribution in [2.24, 2.45) is 5.10 Å². The molecule has 0 radical (unpaired) electrons. The minimum absolute atomic E-state index is 0.288. The van der Waals surface area contributed by atoms with Crippen LogP contribution in [0.15, 0.2) is 53.8 Å². The lowest BCUT2D eigenvalue weighted by Gasteiger charge is -2.12. The lowest BCUT2D eigenvalue weighted by atomic mass is 10.2. The van der Waals surface area contributed by atoms with Gasteiger partial charge in [-0.05, 0) is 48.9 Å². The number of ether oxygens (including phenoxy) is 4. The van der Waals surface area contributed by atoms with E-state index in [2.05, 4.69) is 10.1 Å². The minimum Gasteiger partial charge on any atom is -0.493 e. The minimum atomic E-state index is -0.416. The molecule has 0 spiro atoms. The van der Waals surface area contributed by atoms with Gasteiger partial charge >= 0.3 is 5.97 Å². The second-order valence-corrected chi connectivity index (χ2v) is 6.46. The van der Waals surface area contributed by atoms with Gasteiger partial charge < -0.3 is 24.7 Å². The number of esters is 1. The number of methoxy groups -OCH3 is 2. The molecule has 31 heavy (non-hydrogen) atoms. The van der Waals surface area contributed by atoms with Gasteiger partial charge in [-0.3, -0.25) is 0 Å². The van der Waals surface area contributed by atoms with Gasteiger partial charge in [0.1, 0.15) is 19.0 Å². The van der Waals surface area contributed by atoms with E-state index < -0.39 is 5.97 Å². The quantitative estimate of drug-likeness (QED) is 0.319. The van der Waals surface area contributed by atoms with Crippen LogP contribution >= 0.6 is 0 Å². The average molecular weight is 424 g/mol. The van der Waals surface area contributed by atoms with E-state index in [9.17, 15) is 4.79 Å². The van der Waals surface area contributed by atoms with Gasteiger partial charge in [-0.1, -0.05) is 6.07 Å². The highest BCUT2D eigenvalue weighted by Crippen LogP contribution is 2.27. The Hall–Kier alpha value is -4.01. The first-order valence-corrected chi connectivity index (χ1v) is 9.48. The zero-order chi connectivity index (χ0) is 22.2. The number of benzene rings is 2. The molecule has 0 amide bonds. The number of aromatic nitrogens is 2. The van der Waals surface area contributed by atoms with Crippen molar-refractivity contribution in [3.8, 4) is 17.2 Å². The maximum absolute atomic E-state index is 11.6. The maximum Gasteiger partial charge on any atom is 0.337 e. The van der Waals surface area contributed by atoms with Crippen molar-refractivity contribution in [2.45, 2.75) is 6.92 Å². The van der Waals surface area contributed by atoms with E-state index in [4.69, 9.17) is 24.7 Å². The van der Waals surface area contributed by atoms with E-state index in [1.807, 2.05) is 13.0 Å². The van der Waals surface area contributed by atoms with Crippen LogP contribution < -0.4 is 19.9 Å². The van der Waals surface area contributed by atoms with Crippen molar-refractivity contribution in [1.29, 1.82) is 0 Å². The molecule has 0 saturated carbocycles. The molecule has 9 nitrogen and oxygen atoms in total. The van der Waals surface area contributed by atoms with Gasteiger partial charge in [0.25, 0.3) is 0 Å². The normalized spacial score (nSPS) is 10.8. The predicted octanol–water partition coefficient (Wildman–Crippen LogP) is 2.91. The topological polar surface area (TPSA) is 110 Å². The summed E-state index contributed by atoms with van der Waals surface area (Å²) >= 11 is 0. The van der Waals surface area contributed by atoms with Crippen LogP contribution in [0.25, 0.3) is 0 Å². The number of aryl methyl sites for hydroxylation is 1. The van der Waals surface area contributed by atoms with Crippen LogP contribution in [0.4, 0.5) is 5.95 Å². The summed E-state index contributed by atoms with van der Waals surface area (Å²) in [5.74, 6) is 1.59. The van der Waals surface area contributed by atoms with Gasteiger partial charge in [-0.15, -0.1) is 0 Å². The third kappa shape index (κ3) is 5.75. The van der Waals surface area contributed by atoms with Crippen LogP contribution in [0.1, 0.15) is 21.6 Å². The molecule has 0 atom stereocenters. The summed E-state index contributed by atoms with van der Waals surface area (Å²) < 4.78 is 23.0. The summed E-state index contributed by atoms with van der Waals surface area (Å²) in [6.45, 7) is 2.42. The van der Waals surface area contributed by atoms with Crippen LogP contribution in [0, 0.1) is 6.92 Å². The first kappa shape index (κ1) is 21.7. The van der Waals surface area contributed by atoms with E-state index >= 15 is 0 Å². The molecule has 0 aliphatic rings. The molecule has 1 heterocycles. The van der Waals surface area contributed by atoms with E-state index in [-0.39, 0.29) is 13.2 Å². The molecular weight excluding hydrogens is 400 g/mol. The SMILES string of the molecule is COC(=O)c1cccc(OCCOc2ccc(C=Nn3cc(C)nc3N)cc2OC)c1. The Labute approximate surface area is 180 Å². The number of carbonyl (C=O) groups excluding carboxylic acids is 1. The molecule has 0 unspecified atom stereocenters. The third-order valence-corrected chi connectivity index (χ3v) is 4.22. The number of imidazole rings is 1. The fourth-order valence-electron chi connectivity index (χ4n) is 2.75. The summed E-state index contributed by atoms with van der Waals surface area (Å²) in [4.78, 5) is 15.7. The molecule has 2 N–H and O–H groups in total. The van der Waals surface area contributed by atoms with Crippen molar-refractivity contribution in [2.75, 3.05) is 33.2 Å². The second kappa shape index (κ2) is 10.1. The molecule has 2 aromatic carbocycles. The zero-order valence-corrected chi connectivity index (χ0v) is 17.6. The summed E-state index contributed by atoms with van der Waals surface area (Å²) in [6.07, 6.45) is 3.39. The molecule has 162 valence electrons. The number of hydrogen-bond acceptors (Lipinski definition) is 8. The summed E-state index contributed by atoms with van der Waals surface area (Å²) in [5, 5.41) is 4.29. The predicted molar refractivity (Wildman–Crippen MR) is 116 cm³/mol. The Balaban J connectivity index is 1.57. The molecule has 9 heteroatoms. The zero-order valence-electron chi connectivity index (χ0n) is 17.6. The first-order valence-electron chi connectivity index (χ1n) is 9.48. The largest absolute Gasteiger partial charge is 0.493 e. The number of anilines is 1. The van der Waals surface area contributed by atoms with Crippen molar-refractivity contribution >= 4 is 18.1 Å². The van der Waals surface area contributed by atoms with Crippen molar-refractivity contribution < 1.29 is 23.7 Å². The van der Waals surface area contributed by atoms with Gasteiger partial charge in [0.2, 0.25) is 5.95 Å². The molecule has 3 aromatic rings. The van der Waals surface area contributed by atoms with E-state index in [0.717, 1.165) is 11.3 Å². The fourth-order valence-corrected chi connectivity index (χ4v) is 2.75. The highest BCUT2D eigenvalue weighted by Gasteiger charge is 2.08. The van der Waals surface area contributed by atoms with Crippen LogP contribution in [-0.2, 0) is 4.74 Å². The number of nitrogens with two attached hydrogens (primary N) is 1. The van der Waals surface area contributed by atoms with Gasteiger partial charge in [0.15, 0.2) is 11.5 Å². The molecule has 0 bridgehead atoms. The summed E-state index contributed by atoms with van der Waals surface area (Å²) in [5.41, 5.74) is 7.81. The fraction of sp³-hybridized carbons (Fsp3) is 0.227. The number of nitrogens with zero attached hydrogens (tertiary/aromatic N) is 3. The second-order valence-electron chi connectivity index (χ2n) is 6.46. The summed E-state index contributed by atoms with van der Waals surface area (Å²) in [7, 11) is 2.90. The first-order chi connectivity index (χ1) is 15.0. The Kier molecular flexibility index (Phi) is 7.10. The van der Waals surface area contributed by atoms with Crippen LogP contribution in [-0.4, -0.2) is 49.3 Å². The maximum atomic E-state index is 11.6. The Bertz CT molecular complexity index is 1080. The highest BCUT2D eigenvalue weighted by atomic mass is 16.5. The Morgan fingerprint density at radius 1 is 1.13 bits per heavy atom. The molecule has 1 aromatic heterocycles. The van der Waals surface area contributed by atoms with Gasteiger partial charge in [-0.25, -0.2) is 14.5 Å². The third-order valence-electron chi connectivity index (χ3n) is 4.22. The van der Waals surface area contributed by atoms with Gasteiger partial charge in [0, 0.05) is 0 Å². The van der Waals surface area contributed by atoms with Crippen LogP contribution in [0.5, 0.6) is 17.2 Å². The van der Waals surface area contributed by atoms with Gasteiger partial charge in [-0.2, -0.15) is 5.10 Å². The standard InChI is InChI=1S/C22H24N4O5/c1-15-14-26(22(23)25-15)24-13-16-7-8-19(20(11-16)28-2)31-10-9-30-18-6-4-5-17(12-18)21(27)29-3/h4-8,11-14H,9-10H2,1-3H3,(H2,23,25). The summed E-state index contributed by atoms with van der Waals surface area (Å²) in [6, 6.07) is 12.2. The molecule has 0 saturated heterocycles. The van der Waals surface area contributed by atoms with E-state index in [1.165, 1.54) is 11.8 Å². The molecule has 3 rings (SSSR count). The Morgan fingerprint density at radius 2 is 1.94 bits per heavy atom. The lowest BCUT2D eigenvalue weighted by molar-refractivity contribution is 0.0600. The number of carbonyl (C=O) groups is 1. The number of hydrogen-bond donors (Lipinski definition) is 1. The van der Waals surface area contributed by atoms with E-state index in [0.29, 0.717) is 28.8 Å². The Morgan fingerprint density at radius 3 is 2.65 bits per heavy atom. The van der Waals surface area contributed by atoms with Crippen LogP contribution in [0.3, 0.4) is 0 Å². The average Bonchev–Trinajstić information content (AvgIpc) is 3.12. The smallest absolute Gasteiger partial charge is 0.337 e. The van der Waals surface area contributed by atoms with Crippen molar-refractivity contribution in [1.82, 2.24) is 9.66 Å². The monoisotopic (exact) mass is 424 g/mol. The van der Waals surface area contributed by atoms with Crippen molar-refractivity contribution in [3.63, 3.8) is 0 Å². The lowest BCUT2D eigenvalue weighted by Crippen LogP contribution is -2.10. The van der Waals surface area contributed by atoms with E-state index in [1.54, 1.807) is 55.9 Å². The molecule has 0 fully saturated rings. The number of nitrogen functional groups attached to an aromatic ring is 1. The highest BCUT2D eigenvalue weighted by molar-refractivity contribution is 5.89. The van der Waals surface area contributed by atoms with Crippen LogP contribution in [0.2, 0.25) is 0 Å². The van der Waals surface area contributed by atoms with Crippen molar-refractivity contribution in [3.05, 3.63) is 65.5 Å².